The number of amidine groups is 1. The number of thioether (sulfide) groups is 1. The van der Waals surface area contributed by atoms with E-state index < -0.39 is 29.3 Å². The van der Waals surface area contributed by atoms with Crippen molar-refractivity contribution in [3.8, 4) is 0 Å². The highest BCUT2D eigenvalue weighted by molar-refractivity contribution is 8.13. The highest BCUT2D eigenvalue weighted by atomic mass is 32.2. The van der Waals surface area contributed by atoms with Crippen LogP contribution in [0.15, 0.2) is 59.2 Å². The Morgan fingerprint density at radius 2 is 2.06 bits per heavy atom. The summed E-state index contributed by atoms with van der Waals surface area (Å²) in [5.41, 5.74) is 4.71. The second-order valence-electron chi connectivity index (χ2n) is 7.33. The summed E-state index contributed by atoms with van der Waals surface area (Å²) in [6.45, 7) is 7.55. The number of aromatic nitrogens is 2. The lowest BCUT2D eigenvalue weighted by Gasteiger charge is -2.35. The minimum atomic E-state index is -2.79. The molecule has 2 aliphatic heterocycles. The van der Waals surface area contributed by atoms with E-state index in [1.807, 2.05) is 6.92 Å². The van der Waals surface area contributed by atoms with E-state index in [1.54, 1.807) is 6.92 Å². The van der Waals surface area contributed by atoms with Gasteiger partial charge in [-0.15, -0.1) is 0 Å². The standard InChI is InChI=1S/C21H22F4N4OS/c1-11(6-16(23)17-7-28-18(8-27-17)19(24)25)4-5-15(22)12(2)21-10-30-13(3)14(21)9-31-20(26)29-21/h4-8,13-14,19H,2,9-10H2,1,3H3,(H2,26,29)/b11-4+,15-5+,16-6-/t13-,14-,21-/m1/s1. The van der Waals surface area contributed by atoms with Crippen LogP contribution in [0.2, 0.25) is 0 Å². The normalized spacial score (nSPS) is 27.3. The number of ether oxygens (including phenoxy) is 1. The van der Waals surface area contributed by atoms with E-state index >= 15 is 0 Å². The number of fused-ring (bicyclic) bond motifs is 1. The lowest BCUT2D eigenvalue weighted by molar-refractivity contribution is 0.108. The Morgan fingerprint density at radius 1 is 1.32 bits per heavy atom. The molecule has 3 rings (SSSR count). The summed E-state index contributed by atoms with van der Waals surface area (Å²) >= 11 is 1.40. The van der Waals surface area contributed by atoms with Crippen molar-refractivity contribution in [1.82, 2.24) is 9.97 Å². The Morgan fingerprint density at radius 3 is 2.71 bits per heavy atom. The van der Waals surface area contributed by atoms with Crippen LogP contribution in [0.1, 0.15) is 31.7 Å². The van der Waals surface area contributed by atoms with E-state index in [1.165, 1.54) is 23.9 Å². The smallest absolute Gasteiger partial charge is 0.281 e. The molecule has 0 amide bonds. The number of allylic oxidation sites excluding steroid dienone is 4. The first-order valence-electron chi connectivity index (χ1n) is 9.45. The monoisotopic (exact) mass is 454 g/mol. The van der Waals surface area contributed by atoms with Crippen LogP contribution in [0.3, 0.4) is 0 Å². The van der Waals surface area contributed by atoms with Crippen molar-refractivity contribution in [3.63, 3.8) is 0 Å². The maximum absolute atomic E-state index is 14.9. The van der Waals surface area contributed by atoms with Crippen LogP contribution in [0.25, 0.3) is 5.83 Å². The zero-order valence-electron chi connectivity index (χ0n) is 17.0. The van der Waals surface area contributed by atoms with E-state index in [-0.39, 0.29) is 29.9 Å². The summed E-state index contributed by atoms with van der Waals surface area (Å²) < 4.78 is 60.0. The van der Waals surface area contributed by atoms with Crippen LogP contribution in [-0.2, 0) is 4.74 Å². The molecule has 0 spiro atoms. The van der Waals surface area contributed by atoms with Gasteiger partial charge >= 0.3 is 0 Å². The van der Waals surface area contributed by atoms with Crippen LogP contribution < -0.4 is 5.73 Å². The average Bonchev–Trinajstić information content (AvgIpc) is 3.08. The third-order valence-electron chi connectivity index (χ3n) is 5.26. The summed E-state index contributed by atoms with van der Waals surface area (Å²) in [6, 6.07) is 0. The van der Waals surface area contributed by atoms with Gasteiger partial charge in [-0.05, 0) is 31.6 Å². The van der Waals surface area contributed by atoms with Crippen LogP contribution in [0, 0.1) is 5.92 Å². The van der Waals surface area contributed by atoms with Crippen molar-refractivity contribution in [3.05, 3.63) is 65.6 Å². The van der Waals surface area contributed by atoms with Crippen molar-refractivity contribution in [2.24, 2.45) is 16.6 Å². The van der Waals surface area contributed by atoms with Crippen molar-refractivity contribution in [2.45, 2.75) is 31.9 Å². The summed E-state index contributed by atoms with van der Waals surface area (Å²) in [4.78, 5) is 11.6. The molecule has 2 N–H and O–H groups in total. The number of aliphatic imine (C=N–C) groups is 1. The van der Waals surface area contributed by atoms with Gasteiger partial charge in [0.25, 0.3) is 6.43 Å². The summed E-state index contributed by atoms with van der Waals surface area (Å²) in [5.74, 6) is -0.807. The minimum Gasteiger partial charge on any atom is -0.379 e. The molecule has 2 aliphatic rings. The zero-order chi connectivity index (χ0) is 22.8. The van der Waals surface area contributed by atoms with Gasteiger partial charge in [-0.3, -0.25) is 9.97 Å². The predicted octanol–water partition coefficient (Wildman–Crippen LogP) is 4.92. The molecule has 0 saturated carbocycles. The number of hydrogen-bond donors (Lipinski definition) is 1. The molecule has 3 heterocycles. The van der Waals surface area contributed by atoms with Gasteiger partial charge in [0.2, 0.25) is 0 Å². The molecule has 1 saturated heterocycles. The van der Waals surface area contributed by atoms with Gasteiger partial charge in [0.15, 0.2) is 11.0 Å². The molecule has 0 radical (unpaired) electrons. The fourth-order valence-corrected chi connectivity index (χ4v) is 4.57. The van der Waals surface area contributed by atoms with Crippen LogP contribution in [-0.4, -0.2) is 39.1 Å². The highest BCUT2D eigenvalue weighted by Gasteiger charge is 2.52. The molecule has 0 aromatic carbocycles. The Kier molecular flexibility index (Phi) is 7.00. The topological polar surface area (TPSA) is 73.4 Å². The zero-order valence-corrected chi connectivity index (χ0v) is 17.8. The number of nitrogens with two attached hydrogens (primary N) is 1. The second-order valence-corrected chi connectivity index (χ2v) is 8.37. The molecule has 3 atom stereocenters. The molecule has 1 aromatic heterocycles. The van der Waals surface area contributed by atoms with Gasteiger partial charge in [0.1, 0.15) is 22.8 Å². The van der Waals surface area contributed by atoms with E-state index in [4.69, 9.17) is 10.5 Å². The molecule has 1 fully saturated rings. The average molecular weight is 454 g/mol. The third-order valence-corrected chi connectivity index (χ3v) is 6.18. The minimum absolute atomic E-state index is 0.0614. The Bertz CT molecular complexity index is 974. The molecule has 31 heavy (non-hydrogen) atoms. The van der Waals surface area contributed by atoms with Gasteiger partial charge < -0.3 is 10.5 Å². The summed E-state index contributed by atoms with van der Waals surface area (Å²) in [6.07, 6.45) is 2.49. The first-order valence-corrected chi connectivity index (χ1v) is 10.4. The van der Waals surface area contributed by atoms with E-state index in [2.05, 4.69) is 21.5 Å². The fourth-order valence-electron chi connectivity index (χ4n) is 3.45. The maximum Gasteiger partial charge on any atom is 0.281 e. The highest BCUT2D eigenvalue weighted by Crippen LogP contribution is 2.46. The lowest BCUT2D eigenvalue weighted by Crippen LogP contribution is -2.45. The Balaban J connectivity index is 1.78. The molecule has 0 aliphatic carbocycles. The molecule has 166 valence electrons. The number of hydrogen-bond acceptors (Lipinski definition) is 6. The molecule has 5 nitrogen and oxygen atoms in total. The summed E-state index contributed by atoms with van der Waals surface area (Å²) in [7, 11) is 0. The number of rotatable bonds is 6. The molecule has 0 bridgehead atoms. The van der Waals surface area contributed by atoms with Crippen molar-refractivity contribution >= 4 is 22.8 Å². The van der Waals surface area contributed by atoms with Crippen molar-refractivity contribution < 1.29 is 22.3 Å². The van der Waals surface area contributed by atoms with Crippen molar-refractivity contribution in [2.75, 3.05) is 12.4 Å². The largest absolute Gasteiger partial charge is 0.379 e. The molecular weight excluding hydrogens is 432 g/mol. The van der Waals surface area contributed by atoms with Gasteiger partial charge in [-0.25, -0.2) is 22.6 Å². The number of nitrogens with zero attached hydrogens (tertiary/aromatic N) is 3. The molecule has 1 aromatic rings. The van der Waals surface area contributed by atoms with Gasteiger partial charge in [-0.1, -0.05) is 24.4 Å². The molecular formula is C21H22F4N4OS. The van der Waals surface area contributed by atoms with Gasteiger partial charge in [-0.2, -0.15) is 0 Å². The third kappa shape index (κ3) is 4.90. The van der Waals surface area contributed by atoms with Gasteiger partial charge in [0, 0.05) is 17.2 Å². The van der Waals surface area contributed by atoms with Crippen LogP contribution >= 0.6 is 11.8 Å². The van der Waals surface area contributed by atoms with Crippen molar-refractivity contribution in [1.29, 1.82) is 0 Å². The molecule has 0 unspecified atom stereocenters. The first kappa shape index (κ1) is 23.2. The van der Waals surface area contributed by atoms with E-state index in [9.17, 15) is 17.6 Å². The quantitative estimate of drug-likeness (QED) is 0.488. The Hall–Kier alpha value is -2.46. The predicted molar refractivity (Wildman–Crippen MR) is 114 cm³/mol. The second kappa shape index (κ2) is 9.35. The van der Waals surface area contributed by atoms with Crippen LogP contribution in [0.4, 0.5) is 17.6 Å². The maximum atomic E-state index is 14.9. The number of alkyl halides is 2. The summed E-state index contributed by atoms with van der Waals surface area (Å²) in [5, 5.41) is 0.360. The Labute approximate surface area is 181 Å². The van der Waals surface area contributed by atoms with E-state index in [0.717, 1.165) is 18.5 Å². The van der Waals surface area contributed by atoms with Crippen LogP contribution in [0.5, 0.6) is 0 Å². The lowest BCUT2D eigenvalue weighted by atomic mass is 9.79. The van der Waals surface area contributed by atoms with Gasteiger partial charge in [0.05, 0.1) is 25.1 Å². The SMILES string of the molecule is C=C(\C(F)=C/C=C(C)/C=C(\F)c1cnc(C(F)F)cn1)[C@]12CO[C@H](C)[C@H]1CSC(N)=N2. The fraction of sp³-hybridized carbons (Fsp3) is 0.381. The molecule has 10 heteroatoms. The number of halogens is 4. The van der Waals surface area contributed by atoms with E-state index in [0.29, 0.717) is 16.5 Å². The first-order chi connectivity index (χ1) is 14.6.